The minimum absolute atomic E-state index is 0.672. The molecular weight excluding hydrogens is 791 g/mol. The van der Waals surface area contributed by atoms with Gasteiger partial charge >= 0.3 is 0 Å². The maximum atomic E-state index is 6.73. The highest BCUT2D eigenvalue weighted by Gasteiger charge is 2.22. The average Bonchev–Trinajstić information content (AvgIpc) is 3.76. The third kappa shape index (κ3) is 6.34. The monoisotopic (exact) mass is 827 g/mol. The van der Waals surface area contributed by atoms with Gasteiger partial charge in [-0.2, -0.15) is 0 Å². The molecule has 3 heterocycles. The minimum Gasteiger partial charge on any atom is -0.456 e. The molecule has 0 aliphatic rings. The summed E-state index contributed by atoms with van der Waals surface area (Å²) in [5.74, 6) is 0.672. The second kappa shape index (κ2) is 15.0. The number of pyridine rings is 1. The van der Waals surface area contributed by atoms with E-state index < -0.39 is 0 Å². The minimum atomic E-state index is 0.672. The van der Waals surface area contributed by atoms with Crippen LogP contribution in [-0.4, -0.2) is 15.0 Å². The van der Waals surface area contributed by atoms with Crippen LogP contribution in [0.5, 0.6) is 0 Å². The van der Waals surface area contributed by atoms with Gasteiger partial charge in [0, 0.05) is 54.7 Å². The van der Waals surface area contributed by atoms with Crippen molar-refractivity contribution < 1.29 is 4.42 Å². The molecule has 0 bridgehead atoms. The first-order valence-corrected chi connectivity index (χ1v) is 22.0. The summed E-state index contributed by atoms with van der Waals surface area (Å²) in [6, 6.07) is 79.2. The van der Waals surface area contributed by atoms with Gasteiger partial charge < -0.3 is 4.42 Å². The zero-order chi connectivity index (χ0) is 42.8. The largest absolute Gasteiger partial charge is 0.456 e. The fraction of sp³-hybridized carbons (Fsp3) is 0. The molecule has 0 saturated heterocycles. The second-order valence-electron chi connectivity index (χ2n) is 16.7. The first kappa shape index (κ1) is 36.9. The number of benzene rings is 10. The molecule has 0 N–H and O–H groups in total. The summed E-state index contributed by atoms with van der Waals surface area (Å²) in [7, 11) is 0. The van der Waals surface area contributed by atoms with E-state index in [1.54, 1.807) is 0 Å². The fourth-order valence-electron chi connectivity index (χ4n) is 9.66. The van der Waals surface area contributed by atoms with Gasteiger partial charge in [0.05, 0.1) is 22.6 Å². The second-order valence-corrected chi connectivity index (χ2v) is 16.7. The number of nitrogens with zero attached hydrogens (tertiary/aromatic N) is 3. The lowest BCUT2D eigenvalue weighted by atomic mass is 9.88. The third-order valence-electron chi connectivity index (χ3n) is 12.8. The summed E-state index contributed by atoms with van der Waals surface area (Å²) in [6.07, 6.45) is 0. The summed E-state index contributed by atoms with van der Waals surface area (Å²) in [4.78, 5) is 16.0. The third-order valence-corrected chi connectivity index (χ3v) is 12.8. The molecule has 0 spiro atoms. The molecule has 0 unspecified atom stereocenters. The molecule has 13 rings (SSSR count). The zero-order valence-corrected chi connectivity index (χ0v) is 35.1. The number of fused-ring (bicyclic) bond motifs is 8. The van der Waals surface area contributed by atoms with Crippen LogP contribution in [0.1, 0.15) is 0 Å². The van der Waals surface area contributed by atoms with Gasteiger partial charge in [0.1, 0.15) is 11.2 Å². The van der Waals surface area contributed by atoms with E-state index >= 15 is 0 Å². The van der Waals surface area contributed by atoms with Crippen molar-refractivity contribution in [3.05, 3.63) is 224 Å². The summed E-state index contributed by atoms with van der Waals surface area (Å²) in [6.45, 7) is 0. The van der Waals surface area contributed by atoms with Crippen molar-refractivity contribution in [1.82, 2.24) is 15.0 Å². The van der Waals surface area contributed by atoms with Gasteiger partial charge in [-0.25, -0.2) is 15.0 Å². The first-order chi connectivity index (χ1) is 32.2. The van der Waals surface area contributed by atoms with Crippen LogP contribution >= 0.6 is 0 Å². The molecule has 65 heavy (non-hydrogen) atoms. The summed E-state index contributed by atoms with van der Waals surface area (Å²) >= 11 is 0. The molecule has 0 amide bonds. The van der Waals surface area contributed by atoms with Crippen LogP contribution in [0.4, 0.5) is 0 Å². The first-order valence-electron chi connectivity index (χ1n) is 22.0. The molecule has 0 aliphatic carbocycles. The number of aromatic nitrogens is 3. The SMILES string of the molecule is c1ccc(-c2ccc(-c3c4c(cc5c(-c6cccc(-c7cc(-c8ccc9ccccc9c8)nc(-c8ccc9ccccc9c8)n7)c6)nc6ccccc6c35)oc3ccccc34)cc2)cc1. The number of hydrogen-bond acceptors (Lipinski definition) is 4. The Hall–Kier alpha value is -8.73. The van der Waals surface area contributed by atoms with Crippen LogP contribution in [0.2, 0.25) is 0 Å². The highest BCUT2D eigenvalue weighted by molar-refractivity contribution is 6.27. The molecule has 0 atom stereocenters. The molecular formula is C61H37N3O. The molecule has 0 radical (unpaired) electrons. The van der Waals surface area contributed by atoms with Crippen molar-refractivity contribution in [3.8, 4) is 67.4 Å². The molecule has 0 saturated carbocycles. The van der Waals surface area contributed by atoms with Crippen molar-refractivity contribution in [3.63, 3.8) is 0 Å². The molecule has 10 aromatic carbocycles. The van der Waals surface area contributed by atoms with Crippen molar-refractivity contribution in [1.29, 1.82) is 0 Å². The zero-order valence-electron chi connectivity index (χ0n) is 35.1. The Labute approximate surface area is 374 Å². The van der Waals surface area contributed by atoms with Crippen LogP contribution in [0.15, 0.2) is 229 Å². The normalized spacial score (nSPS) is 11.7. The Morgan fingerprint density at radius 2 is 0.846 bits per heavy atom. The highest BCUT2D eigenvalue weighted by Crippen LogP contribution is 2.47. The highest BCUT2D eigenvalue weighted by atomic mass is 16.3. The molecule has 3 aromatic heterocycles. The quantitative estimate of drug-likeness (QED) is 0.157. The fourth-order valence-corrected chi connectivity index (χ4v) is 9.66. The van der Waals surface area contributed by atoms with Gasteiger partial charge in [-0.05, 0) is 80.7 Å². The van der Waals surface area contributed by atoms with E-state index in [-0.39, 0.29) is 0 Å². The van der Waals surface area contributed by atoms with Crippen molar-refractivity contribution in [2.24, 2.45) is 0 Å². The van der Waals surface area contributed by atoms with Gasteiger partial charge in [-0.1, -0.05) is 182 Å². The van der Waals surface area contributed by atoms with E-state index in [0.29, 0.717) is 5.82 Å². The van der Waals surface area contributed by atoms with Crippen molar-refractivity contribution in [2.45, 2.75) is 0 Å². The summed E-state index contributed by atoms with van der Waals surface area (Å²) in [5, 5.41) is 10.1. The molecule has 4 heteroatoms. The van der Waals surface area contributed by atoms with Crippen LogP contribution in [-0.2, 0) is 0 Å². The van der Waals surface area contributed by atoms with Crippen LogP contribution in [0.3, 0.4) is 0 Å². The molecule has 0 fully saturated rings. The summed E-state index contributed by atoms with van der Waals surface area (Å²) < 4.78 is 6.73. The lowest BCUT2D eigenvalue weighted by Crippen LogP contribution is -1.97. The lowest BCUT2D eigenvalue weighted by Gasteiger charge is -2.16. The Morgan fingerprint density at radius 3 is 1.62 bits per heavy atom. The Bertz CT molecular complexity index is 3900. The van der Waals surface area contributed by atoms with E-state index in [9.17, 15) is 0 Å². The van der Waals surface area contributed by atoms with Crippen LogP contribution < -0.4 is 0 Å². The van der Waals surface area contributed by atoms with Crippen molar-refractivity contribution in [2.75, 3.05) is 0 Å². The molecule has 13 aromatic rings. The van der Waals surface area contributed by atoms with Crippen LogP contribution in [0, 0.1) is 0 Å². The topological polar surface area (TPSA) is 51.8 Å². The van der Waals surface area contributed by atoms with E-state index in [1.165, 1.54) is 27.3 Å². The number of furan rings is 1. The van der Waals surface area contributed by atoms with E-state index in [4.69, 9.17) is 19.4 Å². The van der Waals surface area contributed by atoms with Gasteiger partial charge in [0.2, 0.25) is 0 Å². The van der Waals surface area contributed by atoms with Gasteiger partial charge in [-0.15, -0.1) is 0 Å². The Kier molecular flexibility index (Phi) is 8.50. The molecule has 302 valence electrons. The Balaban J connectivity index is 1.04. The summed E-state index contributed by atoms with van der Waals surface area (Å²) in [5.41, 5.74) is 13.7. The lowest BCUT2D eigenvalue weighted by molar-refractivity contribution is 0.669. The van der Waals surface area contributed by atoms with Gasteiger partial charge in [-0.3, -0.25) is 0 Å². The molecule has 0 aliphatic heterocycles. The standard InChI is InChI=1S/C61H37N3O/c1-2-13-38(14-3-1)41-25-29-42(30-26-41)57-58-49-21-8-10-23-52(49)62-60(51(58)36-56-59(57)50-22-9-11-24-55(50)65-56)47-20-12-19-45(35-47)53-37-54(46-31-27-39-15-4-6-17-43(39)33-46)64-61(63-53)48-32-28-40-16-5-7-18-44(40)34-48/h1-37H. The predicted molar refractivity (Wildman–Crippen MR) is 270 cm³/mol. The maximum absolute atomic E-state index is 6.73. The van der Waals surface area contributed by atoms with E-state index in [2.05, 4.69) is 218 Å². The van der Waals surface area contributed by atoms with Crippen molar-refractivity contribution >= 4 is 65.2 Å². The Morgan fingerprint density at radius 1 is 0.292 bits per heavy atom. The van der Waals surface area contributed by atoms with Gasteiger partial charge in [0.25, 0.3) is 0 Å². The van der Waals surface area contributed by atoms with Gasteiger partial charge in [0.15, 0.2) is 5.82 Å². The molecule has 4 nitrogen and oxygen atoms in total. The van der Waals surface area contributed by atoms with E-state index in [0.717, 1.165) is 99.5 Å². The predicted octanol–water partition coefficient (Wildman–Crippen LogP) is 16.4. The van der Waals surface area contributed by atoms with Crippen LogP contribution in [0.25, 0.3) is 133 Å². The van der Waals surface area contributed by atoms with E-state index in [1.807, 2.05) is 6.07 Å². The number of para-hydroxylation sites is 2. The smallest absolute Gasteiger partial charge is 0.160 e. The number of rotatable bonds is 6. The number of hydrogen-bond donors (Lipinski definition) is 0. The average molecular weight is 828 g/mol. The maximum Gasteiger partial charge on any atom is 0.160 e.